The molecule has 1 heterocycles. The molecule has 22 heavy (non-hydrogen) atoms. The third-order valence-electron chi connectivity index (χ3n) is 3.78. The summed E-state index contributed by atoms with van der Waals surface area (Å²) in [5.74, 6) is 0.443. The lowest BCUT2D eigenvalue weighted by Crippen LogP contribution is -2.33. The highest BCUT2D eigenvalue weighted by molar-refractivity contribution is 5.89. The van der Waals surface area contributed by atoms with Crippen molar-refractivity contribution in [2.45, 2.75) is 13.0 Å². The smallest absolute Gasteiger partial charge is 0.225 e. The topological polar surface area (TPSA) is 67.9 Å². The molecule has 0 aliphatic carbocycles. The monoisotopic (exact) mass is 306 g/mol. The summed E-state index contributed by atoms with van der Waals surface area (Å²) >= 11 is 0. The molecule has 1 aromatic rings. The number of likely N-dealkylation sites (tertiary alicyclic amines) is 1. The maximum Gasteiger partial charge on any atom is 0.225 e. The summed E-state index contributed by atoms with van der Waals surface area (Å²) in [5.41, 5.74) is 0.995. The minimum absolute atomic E-state index is 0.0154. The van der Waals surface area contributed by atoms with Crippen LogP contribution in [0.5, 0.6) is 5.75 Å². The number of benzene rings is 1. The van der Waals surface area contributed by atoms with E-state index in [0.717, 1.165) is 11.3 Å². The van der Waals surface area contributed by atoms with Gasteiger partial charge >= 0.3 is 0 Å². The number of rotatable bonds is 7. The van der Waals surface area contributed by atoms with Crippen LogP contribution in [0.25, 0.3) is 0 Å². The van der Waals surface area contributed by atoms with E-state index in [4.69, 9.17) is 9.47 Å². The van der Waals surface area contributed by atoms with E-state index in [1.807, 2.05) is 24.3 Å². The van der Waals surface area contributed by atoms with Crippen molar-refractivity contribution in [2.75, 3.05) is 33.9 Å². The van der Waals surface area contributed by atoms with Crippen LogP contribution < -0.4 is 10.1 Å². The zero-order chi connectivity index (χ0) is 15.9. The fourth-order valence-corrected chi connectivity index (χ4v) is 2.44. The Labute approximate surface area is 130 Å². The number of carbonyl (C=O) groups excluding carboxylic acids is 2. The maximum absolute atomic E-state index is 12.2. The van der Waals surface area contributed by atoms with E-state index in [0.29, 0.717) is 26.2 Å². The van der Waals surface area contributed by atoms with Gasteiger partial charge in [-0.3, -0.25) is 9.59 Å². The van der Waals surface area contributed by atoms with E-state index in [2.05, 4.69) is 5.32 Å². The standard InChI is InChI=1S/C16H22N2O4/c1-21-8-7-18-11-13(9-15(18)19)16(20)17-10-12-3-5-14(22-2)6-4-12/h3-6,13H,7-11H2,1-2H3,(H,17,20)/t13-/m1/s1. The molecule has 0 radical (unpaired) electrons. The van der Waals surface area contributed by atoms with Crippen molar-refractivity contribution in [1.82, 2.24) is 10.2 Å². The van der Waals surface area contributed by atoms with Crippen molar-refractivity contribution in [3.63, 3.8) is 0 Å². The van der Waals surface area contributed by atoms with Crippen LogP contribution in [-0.2, 0) is 20.9 Å². The van der Waals surface area contributed by atoms with Crippen molar-refractivity contribution in [1.29, 1.82) is 0 Å². The van der Waals surface area contributed by atoms with E-state index in [1.54, 1.807) is 19.1 Å². The fourth-order valence-electron chi connectivity index (χ4n) is 2.44. The predicted molar refractivity (Wildman–Crippen MR) is 81.4 cm³/mol. The van der Waals surface area contributed by atoms with Gasteiger partial charge in [0, 0.05) is 33.2 Å². The van der Waals surface area contributed by atoms with Gasteiger partial charge in [0.05, 0.1) is 19.6 Å². The third kappa shape index (κ3) is 4.21. The van der Waals surface area contributed by atoms with Crippen molar-refractivity contribution >= 4 is 11.8 Å². The second kappa shape index (κ2) is 7.79. The summed E-state index contributed by atoms with van der Waals surface area (Å²) in [6.07, 6.45) is 0.276. The van der Waals surface area contributed by atoms with Crippen LogP contribution in [0.1, 0.15) is 12.0 Å². The molecule has 1 aliphatic heterocycles. The van der Waals surface area contributed by atoms with E-state index < -0.39 is 0 Å². The van der Waals surface area contributed by atoms with Crippen molar-refractivity contribution in [3.8, 4) is 5.75 Å². The quantitative estimate of drug-likeness (QED) is 0.809. The predicted octanol–water partition coefficient (Wildman–Crippen LogP) is 0.806. The van der Waals surface area contributed by atoms with E-state index in [-0.39, 0.29) is 24.2 Å². The van der Waals surface area contributed by atoms with E-state index in [1.165, 1.54) is 0 Å². The average molecular weight is 306 g/mol. The van der Waals surface area contributed by atoms with E-state index in [9.17, 15) is 9.59 Å². The van der Waals surface area contributed by atoms with Gasteiger partial charge in [0.15, 0.2) is 0 Å². The Morgan fingerprint density at radius 1 is 1.32 bits per heavy atom. The fraction of sp³-hybridized carbons (Fsp3) is 0.500. The first kappa shape index (κ1) is 16.3. The summed E-state index contributed by atoms with van der Waals surface area (Å²) in [4.78, 5) is 25.7. The Bertz CT molecular complexity index is 515. The molecule has 0 spiro atoms. The highest BCUT2D eigenvalue weighted by atomic mass is 16.5. The number of methoxy groups -OCH3 is 2. The Hall–Kier alpha value is -2.08. The highest BCUT2D eigenvalue weighted by Gasteiger charge is 2.33. The molecule has 2 amide bonds. The molecule has 1 aromatic carbocycles. The summed E-state index contributed by atoms with van der Waals surface area (Å²) in [7, 11) is 3.21. The van der Waals surface area contributed by atoms with Crippen LogP contribution in [0.2, 0.25) is 0 Å². The second-order valence-electron chi connectivity index (χ2n) is 5.30. The maximum atomic E-state index is 12.2. The van der Waals surface area contributed by atoms with Gasteiger partial charge in [0.1, 0.15) is 5.75 Å². The van der Waals surface area contributed by atoms with Crippen LogP contribution in [-0.4, -0.2) is 50.6 Å². The van der Waals surface area contributed by atoms with Crippen molar-refractivity contribution in [3.05, 3.63) is 29.8 Å². The molecule has 1 saturated heterocycles. The molecule has 120 valence electrons. The highest BCUT2D eigenvalue weighted by Crippen LogP contribution is 2.18. The Kier molecular flexibility index (Phi) is 5.77. The van der Waals surface area contributed by atoms with Gasteiger partial charge in [-0.25, -0.2) is 0 Å². The van der Waals surface area contributed by atoms with Crippen molar-refractivity contribution in [2.24, 2.45) is 5.92 Å². The molecule has 1 fully saturated rings. The molecule has 6 heteroatoms. The molecule has 6 nitrogen and oxygen atoms in total. The SMILES string of the molecule is COCCN1C[C@H](C(=O)NCc2ccc(OC)cc2)CC1=O. The first-order chi connectivity index (χ1) is 10.6. The molecule has 0 unspecified atom stereocenters. The van der Waals surface area contributed by atoms with Crippen LogP contribution in [0, 0.1) is 5.92 Å². The Morgan fingerprint density at radius 2 is 2.05 bits per heavy atom. The van der Waals surface area contributed by atoms with Crippen LogP contribution in [0.15, 0.2) is 24.3 Å². The Balaban J connectivity index is 1.81. The summed E-state index contributed by atoms with van der Waals surface area (Å²) in [6, 6.07) is 7.52. The normalized spacial score (nSPS) is 17.6. The van der Waals surface area contributed by atoms with Gasteiger partial charge in [0.2, 0.25) is 11.8 Å². The molecule has 1 N–H and O–H groups in total. The minimum Gasteiger partial charge on any atom is -0.497 e. The van der Waals surface area contributed by atoms with Gasteiger partial charge in [-0.05, 0) is 17.7 Å². The average Bonchev–Trinajstić information content (AvgIpc) is 2.92. The summed E-state index contributed by atoms with van der Waals surface area (Å²) < 4.78 is 10.1. The van der Waals surface area contributed by atoms with Crippen LogP contribution >= 0.6 is 0 Å². The second-order valence-corrected chi connectivity index (χ2v) is 5.30. The van der Waals surface area contributed by atoms with Crippen molar-refractivity contribution < 1.29 is 19.1 Å². The zero-order valence-electron chi connectivity index (χ0n) is 13.0. The lowest BCUT2D eigenvalue weighted by atomic mass is 10.1. The zero-order valence-corrected chi connectivity index (χ0v) is 13.0. The van der Waals surface area contributed by atoms with Gasteiger partial charge in [-0.2, -0.15) is 0 Å². The molecule has 1 aliphatic rings. The lowest BCUT2D eigenvalue weighted by Gasteiger charge is -2.15. The first-order valence-corrected chi connectivity index (χ1v) is 7.31. The molecular weight excluding hydrogens is 284 g/mol. The molecule has 1 atom stereocenters. The van der Waals surface area contributed by atoms with Gasteiger partial charge in [-0.15, -0.1) is 0 Å². The third-order valence-corrected chi connectivity index (χ3v) is 3.78. The van der Waals surface area contributed by atoms with E-state index >= 15 is 0 Å². The number of hydrogen-bond acceptors (Lipinski definition) is 4. The number of nitrogens with zero attached hydrogens (tertiary/aromatic N) is 1. The molecule has 0 bridgehead atoms. The molecule has 0 aromatic heterocycles. The Morgan fingerprint density at radius 3 is 2.68 bits per heavy atom. The van der Waals surface area contributed by atoms with Gasteiger partial charge in [-0.1, -0.05) is 12.1 Å². The number of amides is 2. The lowest BCUT2D eigenvalue weighted by molar-refractivity contribution is -0.129. The van der Waals surface area contributed by atoms with Gasteiger partial charge < -0.3 is 19.7 Å². The number of nitrogens with one attached hydrogen (secondary N) is 1. The largest absolute Gasteiger partial charge is 0.497 e. The molecule has 2 rings (SSSR count). The molecule has 0 saturated carbocycles. The van der Waals surface area contributed by atoms with Crippen LogP contribution in [0.3, 0.4) is 0 Å². The summed E-state index contributed by atoms with van der Waals surface area (Å²) in [6.45, 7) is 1.95. The summed E-state index contributed by atoms with van der Waals surface area (Å²) in [5, 5.41) is 2.89. The first-order valence-electron chi connectivity index (χ1n) is 7.31. The number of hydrogen-bond donors (Lipinski definition) is 1. The molecular formula is C16H22N2O4. The van der Waals surface area contributed by atoms with Crippen LogP contribution in [0.4, 0.5) is 0 Å². The van der Waals surface area contributed by atoms with Gasteiger partial charge in [0.25, 0.3) is 0 Å². The minimum atomic E-state index is -0.275. The number of carbonyl (C=O) groups is 2. The number of ether oxygens (including phenoxy) is 2.